The van der Waals surface area contributed by atoms with Crippen molar-refractivity contribution in [3.63, 3.8) is 0 Å². The lowest BCUT2D eigenvalue weighted by atomic mass is 9.81. The number of benzene rings is 2. The highest BCUT2D eigenvalue weighted by Crippen LogP contribution is 2.34. The van der Waals surface area contributed by atoms with Crippen LogP contribution >= 0.6 is 0 Å². The molecule has 4 heteroatoms. The molecule has 1 unspecified atom stereocenters. The van der Waals surface area contributed by atoms with Crippen molar-refractivity contribution in [3.8, 4) is 11.8 Å². The van der Waals surface area contributed by atoms with Crippen molar-refractivity contribution in [2.45, 2.75) is 38.1 Å². The predicted molar refractivity (Wildman–Crippen MR) is 110 cm³/mol. The Morgan fingerprint density at radius 1 is 1.11 bits per heavy atom. The molecular weight excluding hydrogens is 348 g/mol. The first-order valence-corrected chi connectivity index (χ1v) is 9.89. The van der Waals surface area contributed by atoms with Crippen LogP contribution in [0.3, 0.4) is 0 Å². The number of nitriles is 1. The van der Waals surface area contributed by atoms with Gasteiger partial charge in [0.05, 0.1) is 6.04 Å². The Balaban J connectivity index is 1.64. The molecule has 4 nitrogen and oxygen atoms in total. The van der Waals surface area contributed by atoms with Gasteiger partial charge < -0.3 is 10.1 Å². The van der Waals surface area contributed by atoms with Crippen molar-refractivity contribution in [1.82, 2.24) is 5.32 Å². The molecule has 28 heavy (non-hydrogen) atoms. The summed E-state index contributed by atoms with van der Waals surface area (Å²) in [5, 5.41) is 11.8. The molecule has 2 aromatic carbocycles. The quantitative estimate of drug-likeness (QED) is 0.691. The fourth-order valence-electron chi connectivity index (χ4n) is 3.77. The highest BCUT2D eigenvalue weighted by molar-refractivity contribution is 5.92. The van der Waals surface area contributed by atoms with Gasteiger partial charge in [0, 0.05) is 6.08 Å². The highest BCUT2D eigenvalue weighted by atomic mass is 16.5. The van der Waals surface area contributed by atoms with Gasteiger partial charge in [-0.15, -0.1) is 0 Å². The van der Waals surface area contributed by atoms with Crippen molar-refractivity contribution in [3.05, 3.63) is 71.8 Å². The summed E-state index contributed by atoms with van der Waals surface area (Å²) in [4.78, 5) is 12.6. The predicted octanol–water partition coefficient (Wildman–Crippen LogP) is 5.04. The lowest BCUT2D eigenvalue weighted by Crippen LogP contribution is -2.33. The molecule has 1 N–H and O–H groups in total. The van der Waals surface area contributed by atoms with E-state index in [2.05, 4.69) is 17.4 Å². The molecule has 1 amide bonds. The summed E-state index contributed by atoms with van der Waals surface area (Å²) in [5.41, 5.74) is 2.09. The maximum absolute atomic E-state index is 12.6. The van der Waals surface area contributed by atoms with Crippen LogP contribution < -0.4 is 10.1 Å². The minimum Gasteiger partial charge on any atom is -0.479 e. The Hall–Kier alpha value is -3.06. The third-order valence-electron chi connectivity index (χ3n) is 5.19. The van der Waals surface area contributed by atoms with E-state index in [1.165, 1.54) is 24.8 Å². The fraction of sp³-hybridized carbons (Fsp3) is 0.333. The van der Waals surface area contributed by atoms with Gasteiger partial charge in [0.15, 0.2) is 6.61 Å². The minimum atomic E-state index is -0.0794. The summed E-state index contributed by atoms with van der Waals surface area (Å²) in [6, 6.07) is 19.6. The first-order valence-electron chi connectivity index (χ1n) is 9.89. The Labute approximate surface area is 166 Å². The second-order valence-corrected chi connectivity index (χ2v) is 7.14. The normalized spacial score (nSPS) is 15.7. The number of carbonyl (C=O) groups is 1. The average Bonchev–Trinajstić information content (AvgIpc) is 2.76. The van der Waals surface area contributed by atoms with E-state index >= 15 is 0 Å². The van der Waals surface area contributed by atoms with E-state index in [0.29, 0.717) is 11.7 Å². The van der Waals surface area contributed by atoms with Gasteiger partial charge in [0.25, 0.3) is 0 Å². The lowest BCUT2D eigenvalue weighted by molar-refractivity contribution is -0.117. The largest absolute Gasteiger partial charge is 0.479 e. The van der Waals surface area contributed by atoms with E-state index < -0.39 is 0 Å². The zero-order chi connectivity index (χ0) is 19.6. The van der Waals surface area contributed by atoms with E-state index in [4.69, 9.17) is 10.00 Å². The van der Waals surface area contributed by atoms with Crippen molar-refractivity contribution >= 4 is 12.0 Å². The second-order valence-electron chi connectivity index (χ2n) is 7.14. The van der Waals surface area contributed by atoms with Crippen LogP contribution in [-0.2, 0) is 4.79 Å². The van der Waals surface area contributed by atoms with E-state index in [0.717, 1.165) is 18.4 Å². The Morgan fingerprint density at radius 3 is 2.50 bits per heavy atom. The molecule has 0 spiro atoms. The van der Waals surface area contributed by atoms with Crippen molar-refractivity contribution in [2.24, 2.45) is 5.92 Å². The summed E-state index contributed by atoms with van der Waals surface area (Å²) in [6.45, 7) is 0.0274. The summed E-state index contributed by atoms with van der Waals surface area (Å²) in [6.07, 6.45) is 9.47. The molecule has 1 aliphatic rings. The van der Waals surface area contributed by atoms with Crippen LogP contribution in [0.1, 0.15) is 49.3 Å². The molecule has 0 saturated heterocycles. The Bertz CT molecular complexity index is 816. The smallest absolute Gasteiger partial charge is 0.244 e. The number of hydrogen-bond donors (Lipinski definition) is 1. The highest BCUT2D eigenvalue weighted by Gasteiger charge is 2.25. The molecule has 144 valence electrons. The molecule has 0 heterocycles. The molecule has 3 rings (SSSR count). The molecule has 1 aliphatic carbocycles. The van der Waals surface area contributed by atoms with Gasteiger partial charge in [0.2, 0.25) is 5.91 Å². The third-order valence-corrected chi connectivity index (χ3v) is 5.19. The lowest BCUT2D eigenvalue weighted by Gasteiger charge is -2.31. The molecular formula is C24H26N2O2. The number of hydrogen-bond acceptors (Lipinski definition) is 3. The van der Waals surface area contributed by atoms with Gasteiger partial charge in [-0.25, -0.2) is 0 Å². The topological polar surface area (TPSA) is 62.1 Å². The fourth-order valence-corrected chi connectivity index (χ4v) is 3.77. The maximum Gasteiger partial charge on any atom is 0.244 e. The number of ether oxygens (including phenoxy) is 1. The molecule has 1 atom stereocenters. The van der Waals surface area contributed by atoms with Gasteiger partial charge in [-0.3, -0.25) is 4.79 Å². The third kappa shape index (κ3) is 5.72. The van der Waals surface area contributed by atoms with Gasteiger partial charge >= 0.3 is 0 Å². The number of amides is 1. The molecule has 0 bridgehead atoms. The van der Waals surface area contributed by atoms with E-state index in [1.54, 1.807) is 24.3 Å². The standard InChI is InChI=1S/C24H26N2O2/c25-17-18-28-22-14-11-19(12-15-22)13-16-23(27)26-24(20-7-3-1-4-8-20)21-9-5-2-6-10-21/h1,3-4,7-8,11-16,21,24H,2,5-6,9-10,18H2,(H,26,27)/b16-13+. The SMILES string of the molecule is N#CCOc1ccc(/C=C/C(=O)NC(c2ccccc2)C2CCCCC2)cc1. The number of nitrogens with one attached hydrogen (secondary N) is 1. The van der Waals surface area contributed by atoms with Gasteiger partial charge in [0.1, 0.15) is 11.8 Å². The summed E-state index contributed by atoms with van der Waals surface area (Å²) in [5.74, 6) is 1.05. The second kappa shape index (κ2) is 10.3. The first kappa shape index (κ1) is 19.7. The molecule has 0 aliphatic heterocycles. The summed E-state index contributed by atoms with van der Waals surface area (Å²) >= 11 is 0. The van der Waals surface area contributed by atoms with Crippen LogP contribution in [0, 0.1) is 17.2 Å². The van der Waals surface area contributed by atoms with Crippen LogP contribution in [0.4, 0.5) is 0 Å². The van der Waals surface area contributed by atoms with Crippen LogP contribution in [-0.4, -0.2) is 12.5 Å². The summed E-state index contributed by atoms with van der Waals surface area (Å²) in [7, 11) is 0. The van der Waals surface area contributed by atoms with E-state index in [-0.39, 0.29) is 18.6 Å². The van der Waals surface area contributed by atoms with Crippen LogP contribution in [0.5, 0.6) is 5.75 Å². The van der Waals surface area contributed by atoms with E-state index in [1.807, 2.05) is 36.4 Å². The van der Waals surface area contributed by atoms with Crippen LogP contribution in [0.2, 0.25) is 0 Å². The average molecular weight is 374 g/mol. The maximum atomic E-state index is 12.6. The Kier molecular flexibility index (Phi) is 7.26. The van der Waals surface area contributed by atoms with Crippen molar-refractivity contribution < 1.29 is 9.53 Å². The molecule has 0 aromatic heterocycles. The number of carbonyl (C=O) groups excluding carboxylic acids is 1. The molecule has 2 aromatic rings. The number of nitrogens with zero attached hydrogens (tertiary/aromatic N) is 1. The minimum absolute atomic E-state index is 0.0274. The number of rotatable bonds is 7. The van der Waals surface area contributed by atoms with Crippen molar-refractivity contribution in [2.75, 3.05) is 6.61 Å². The summed E-state index contributed by atoms with van der Waals surface area (Å²) < 4.78 is 5.24. The van der Waals surface area contributed by atoms with Crippen molar-refractivity contribution in [1.29, 1.82) is 5.26 Å². The van der Waals surface area contributed by atoms with Crippen LogP contribution in [0.15, 0.2) is 60.7 Å². The Morgan fingerprint density at radius 2 is 1.82 bits per heavy atom. The zero-order valence-corrected chi connectivity index (χ0v) is 16.0. The van der Waals surface area contributed by atoms with Gasteiger partial charge in [-0.2, -0.15) is 5.26 Å². The van der Waals surface area contributed by atoms with Gasteiger partial charge in [-0.05, 0) is 48.1 Å². The molecule has 0 radical (unpaired) electrons. The van der Waals surface area contributed by atoms with E-state index in [9.17, 15) is 4.79 Å². The van der Waals surface area contributed by atoms with Crippen LogP contribution in [0.25, 0.3) is 6.08 Å². The van der Waals surface area contributed by atoms with Gasteiger partial charge in [-0.1, -0.05) is 61.7 Å². The molecule has 1 saturated carbocycles. The first-order chi connectivity index (χ1) is 13.8. The zero-order valence-electron chi connectivity index (χ0n) is 16.0. The monoisotopic (exact) mass is 374 g/mol. The molecule has 1 fully saturated rings.